The molecule has 0 aromatic heterocycles. The molecule has 0 bridgehead atoms. The first-order chi connectivity index (χ1) is 5.72. The summed E-state index contributed by atoms with van der Waals surface area (Å²) >= 11 is 0. The molecular formula is C9H16O3. The Balaban J connectivity index is 0.000000561. The third-order valence-corrected chi connectivity index (χ3v) is 1.72. The highest BCUT2D eigenvalue weighted by molar-refractivity contribution is 5.88. The number of rotatable bonds is 1. The van der Waals surface area contributed by atoms with Crippen LogP contribution in [0.3, 0.4) is 0 Å². The second kappa shape index (κ2) is 5.75. The van der Waals surface area contributed by atoms with E-state index in [1.807, 2.05) is 20.8 Å². The van der Waals surface area contributed by atoms with Gasteiger partial charge in [0.15, 0.2) is 0 Å². The second-order valence-corrected chi connectivity index (χ2v) is 2.53. The first-order valence-corrected chi connectivity index (χ1v) is 4.46. The van der Waals surface area contributed by atoms with Crippen LogP contribution in [0.1, 0.15) is 40.0 Å². The van der Waals surface area contributed by atoms with E-state index < -0.39 is 0 Å². The highest BCUT2D eigenvalue weighted by atomic mass is 16.6. The Labute approximate surface area is 73.1 Å². The molecule has 1 heterocycles. The van der Waals surface area contributed by atoms with Crippen molar-refractivity contribution in [3.8, 4) is 0 Å². The number of carbonyl (C=O) groups is 2. The van der Waals surface area contributed by atoms with Gasteiger partial charge in [0, 0.05) is 12.8 Å². The molecule has 1 fully saturated rings. The van der Waals surface area contributed by atoms with E-state index in [-0.39, 0.29) is 17.9 Å². The summed E-state index contributed by atoms with van der Waals surface area (Å²) in [6, 6.07) is 0. The molecule has 3 heteroatoms. The Morgan fingerprint density at radius 3 is 2.00 bits per heavy atom. The van der Waals surface area contributed by atoms with E-state index in [9.17, 15) is 9.59 Å². The predicted octanol–water partition coefficient (Wildman–Crippen LogP) is 1.90. The summed E-state index contributed by atoms with van der Waals surface area (Å²) in [6.45, 7) is 5.97. The van der Waals surface area contributed by atoms with E-state index in [2.05, 4.69) is 4.74 Å². The summed E-state index contributed by atoms with van der Waals surface area (Å²) in [6.07, 6.45) is 1.69. The maximum absolute atomic E-state index is 10.6. The van der Waals surface area contributed by atoms with Gasteiger partial charge in [0.25, 0.3) is 0 Å². The molecule has 0 aromatic rings. The van der Waals surface area contributed by atoms with Crippen molar-refractivity contribution in [2.45, 2.75) is 40.0 Å². The van der Waals surface area contributed by atoms with Crippen molar-refractivity contribution >= 4 is 11.9 Å². The number of cyclic esters (lactones) is 2. The summed E-state index contributed by atoms with van der Waals surface area (Å²) in [5.74, 6) is -0.528. The molecule has 0 N–H and O–H groups in total. The molecule has 1 rings (SSSR count). The van der Waals surface area contributed by atoms with Gasteiger partial charge in [0.05, 0.1) is 0 Å². The van der Waals surface area contributed by atoms with Gasteiger partial charge in [-0.05, 0) is 5.92 Å². The van der Waals surface area contributed by atoms with Gasteiger partial charge in [-0.1, -0.05) is 27.2 Å². The normalized spacial score (nSPS) is 17.9. The van der Waals surface area contributed by atoms with Crippen LogP contribution in [0.2, 0.25) is 0 Å². The average molecular weight is 172 g/mol. The van der Waals surface area contributed by atoms with Crippen molar-refractivity contribution in [2.75, 3.05) is 0 Å². The molecule has 0 atom stereocenters. The Morgan fingerprint density at radius 2 is 1.67 bits per heavy atom. The Kier molecular flexibility index (Phi) is 5.34. The van der Waals surface area contributed by atoms with Gasteiger partial charge >= 0.3 is 11.9 Å². The third kappa shape index (κ3) is 3.51. The van der Waals surface area contributed by atoms with Crippen LogP contribution in [0.15, 0.2) is 0 Å². The van der Waals surface area contributed by atoms with E-state index in [4.69, 9.17) is 0 Å². The van der Waals surface area contributed by atoms with Crippen molar-refractivity contribution in [1.29, 1.82) is 0 Å². The minimum Gasteiger partial charge on any atom is -0.393 e. The van der Waals surface area contributed by atoms with Gasteiger partial charge in [-0.15, -0.1) is 0 Å². The summed E-state index contributed by atoms with van der Waals surface area (Å²) < 4.78 is 4.34. The minimum absolute atomic E-state index is 0.216. The second-order valence-electron chi connectivity index (χ2n) is 2.53. The van der Waals surface area contributed by atoms with Gasteiger partial charge < -0.3 is 4.74 Å². The first-order valence-electron chi connectivity index (χ1n) is 4.46. The van der Waals surface area contributed by atoms with E-state index in [1.165, 1.54) is 0 Å². The molecule has 1 saturated heterocycles. The molecule has 12 heavy (non-hydrogen) atoms. The molecule has 0 aliphatic carbocycles. The number of ether oxygens (including phenoxy) is 1. The van der Waals surface area contributed by atoms with Crippen molar-refractivity contribution in [3.63, 3.8) is 0 Å². The van der Waals surface area contributed by atoms with Crippen LogP contribution < -0.4 is 0 Å². The molecule has 0 spiro atoms. The largest absolute Gasteiger partial charge is 0.393 e. The smallest absolute Gasteiger partial charge is 0.313 e. The monoisotopic (exact) mass is 172 g/mol. The molecule has 1 aliphatic rings. The molecule has 70 valence electrons. The Hall–Kier alpha value is -0.860. The van der Waals surface area contributed by atoms with Crippen molar-refractivity contribution < 1.29 is 14.3 Å². The predicted molar refractivity (Wildman–Crippen MR) is 45.5 cm³/mol. The lowest BCUT2D eigenvalue weighted by Gasteiger charge is -2.17. The summed E-state index contributed by atoms with van der Waals surface area (Å²) in [5, 5.41) is 0. The highest BCUT2D eigenvalue weighted by Gasteiger charge is 2.25. The van der Waals surface area contributed by atoms with Crippen molar-refractivity contribution in [3.05, 3.63) is 0 Å². The fourth-order valence-corrected chi connectivity index (χ4v) is 1.04. The minimum atomic E-state index is -0.372. The zero-order valence-corrected chi connectivity index (χ0v) is 7.92. The average Bonchev–Trinajstić information content (AvgIpc) is 2.06. The Morgan fingerprint density at radius 1 is 1.25 bits per heavy atom. The van der Waals surface area contributed by atoms with Crippen LogP contribution in [-0.4, -0.2) is 11.9 Å². The maximum Gasteiger partial charge on any atom is 0.313 e. The van der Waals surface area contributed by atoms with Crippen LogP contribution in [0.5, 0.6) is 0 Å². The summed E-state index contributed by atoms with van der Waals surface area (Å²) in [7, 11) is 0. The molecule has 0 aromatic carbocycles. The van der Waals surface area contributed by atoms with Crippen LogP contribution >= 0.6 is 0 Å². The number of esters is 2. The van der Waals surface area contributed by atoms with Crippen LogP contribution in [0.4, 0.5) is 0 Å². The van der Waals surface area contributed by atoms with Gasteiger partial charge in [-0.3, -0.25) is 9.59 Å². The zero-order valence-electron chi connectivity index (χ0n) is 7.92. The van der Waals surface area contributed by atoms with Crippen LogP contribution in [-0.2, 0) is 14.3 Å². The van der Waals surface area contributed by atoms with E-state index in [0.717, 1.165) is 6.42 Å². The molecule has 1 aliphatic heterocycles. The van der Waals surface area contributed by atoms with Crippen molar-refractivity contribution in [2.24, 2.45) is 5.92 Å². The lowest BCUT2D eigenvalue weighted by molar-refractivity contribution is -0.165. The van der Waals surface area contributed by atoms with E-state index in [0.29, 0.717) is 12.8 Å². The fraction of sp³-hybridized carbons (Fsp3) is 0.778. The maximum atomic E-state index is 10.6. The molecule has 0 amide bonds. The number of hydrogen-bond donors (Lipinski definition) is 0. The topological polar surface area (TPSA) is 43.4 Å². The van der Waals surface area contributed by atoms with Gasteiger partial charge in [0.1, 0.15) is 0 Å². The number of carbonyl (C=O) groups excluding carboxylic acids is 2. The molecule has 0 unspecified atom stereocenters. The van der Waals surface area contributed by atoms with Gasteiger partial charge in [0.2, 0.25) is 0 Å². The van der Waals surface area contributed by atoms with Gasteiger partial charge in [-0.2, -0.15) is 0 Å². The molecule has 0 radical (unpaired) electrons. The van der Waals surface area contributed by atoms with E-state index in [1.54, 1.807) is 0 Å². The number of hydrogen-bond acceptors (Lipinski definition) is 3. The molecule has 0 saturated carbocycles. The third-order valence-electron chi connectivity index (χ3n) is 1.72. The quantitative estimate of drug-likeness (QED) is 0.448. The first kappa shape index (κ1) is 11.1. The molecular weight excluding hydrogens is 156 g/mol. The standard InChI is InChI=1S/C7H10O3.C2H6/c1-2-5-3-6(8)10-7(9)4-5;1-2/h5H,2-4H2,1H3;1-2H3. The lowest BCUT2D eigenvalue weighted by atomic mass is 9.97. The zero-order chi connectivity index (χ0) is 9.56. The van der Waals surface area contributed by atoms with E-state index >= 15 is 0 Å². The summed E-state index contributed by atoms with van der Waals surface area (Å²) in [4.78, 5) is 21.2. The van der Waals surface area contributed by atoms with Crippen LogP contribution in [0, 0.1) is 5.92 Å². The lowest BCUT2D eigenvalue weighted by Crippen LogP contribution is -2.24. The SMILES string of the molecule is CC.CCC1CC(=O)OC(=O)C1. The molecule has 3 nitrogen and oxygen atoms in total. The van der Waals surface area contributed by atoms with Gasteiger partial charge in [-0.25, -0.2) is 0 Å². The highest BCUT2D eigenvalue weighted by Crippen LogP contribution is 2.19. The summed E-state index contributed by atoms with van der Waals surface area (Å²) in [5.41, 5.74) is 0. The Bertz CT molecular complexity index is 147. The fourth-order valence-electron chi connectivity index (χ4n) is 1.04. The van der Waals surface area contributed by atoms with Crippen LogP contribution in [0.25, 0.3) is 0 Å². The van der Waals surface area contributed by atoms with Crippen molar-refractivity contribution in [1.82, 2.24) is 0 Å².